The number of aromatic nitrogens is 4. The molecular weight excluding hydrogens is 585 g/mol. The Balaban J connectivity index is 1.20. The van der Waals surface area contributed by atoms with Gasteiger partial charge in [0.05, 0.1) is 0 Å². The summed E-state index contributed by atoms with van der Waals surface area (Å²) in [5.74, 6) is 0. The van der Waals surface area contributed by atoms with Gasteiger partial charge < -0.3 is 0 Å². The summed E-state index contributed by atoms with van der Waals surface area (Å²) < 4.78 is 0. The molecule has 0 atom stereocenters. The van der Waals surface area contributed by atoms with E-state index in [0.29, 0.717) is 0 Å². The second-order valence-electron chi connectivity index (χ2n) is 11.7. The highest BCUT2D eigenvalue weighted by Crippen LogP contribution is 2.36. The molecule has 0 fully saturated rings. The van der Waals surface area contributed by atoms with Gasteiger partial charge in [0.1, 0.15) is 6.33 Å². The quantitative estimate of drug-likeness (QED) is 0.179. The molecule has 0 saturated heterocycles. The van der Waals surface area contributed by atoms with Gasteiger partial charge in [-0.15, -0.1) is 0 Å². The number of hydrogen-bond acceptors (Lipinski definition) is 4. The molecule has 3 aromatic heterocycles. The van der Waals surface area contributed by atoms with Crippen LogP contribution in [0.3, 0.4) is 0 Å². The van der Waals surface area contributed by atoms with Crippen LogP contribution >= 0.6 is 0 Å². The van der Waals surface area contributed by atoms with Gasteiger partial charge in [0.15, 0.2) is 0 Å². The minimum absolute atomic E-state index is 0.975. The first-order valence-corrected chi connectivity index (χ1v) is 15.9. The molecule has 0 unspecified atom stereocenters. The second kappa shape index (κ2) is 13.1. The summed E-state index contributed by atoms with van der Waals surface area (Å²) in [5, 5.41) is 0. The molecule has 0 saturated carbocycles. The fourth-order valence-electron chi connectivity index (χ4n) is 6.18. The van der Waals surface area contributed by atoms with E-state index in [2.05, 4.69) is 135 Å². The summed E-state index contributed by atoms with van der Waals surface area (Å²) in [4.78, 5) is 17.0. The predicted octanol–water partition coefficient (Wildman–Crippen LogP) is 10.9. The van der Waals surface area contributed by atoms with Crippen molar-refractivity contribution in [2.24, 2.45) is 0 Å². The second-order valence-corrected chi connectivity index (χ2v) is 11.7. The van der Waals surface area contributed by atoms with Gasteiger partial charge in [-0.25, -0.2) is 9.97 Å². The van der Waals surface area contributed by atoms with Gasteiger partial charge >= 0.3 is 0 Å². The Hall–Kier alpha value is -6.52. The third-order valence-electron chi connectivity index (χ3n) is 8.64. The summed E-state index contributed by atoms with van der Waals surface area (Å²) in [7, 11) is 0. The minimum Gasteiger partial charge on any atom is -0.265 e. The minimum atomic E-state index is 0.975. The molecule has 5 aromatic carbocycles. The molecule has 0 bridgehead atoms. The molecule has 0 aliphatic carbocycles. The van der Waals surface area contributed by atoms with E-state index in [1.54, 1.807) is 6.33 Å². The first kappa shape index (κ1) is 28.9. The maximum absolute atomic E-state index is 4.32. The SMILES string of the molecule is c1cc(-c2ccncc2)cc(-c2cccc(-c3cc(-c4cncnc4)cc(-c4cccc(-c5cccc(-c6ccncc6)c5)c4)c3)c2)c1. The van der Waals surface area contributed by atoms with Gasteiger partial charge in [0.2, 0.25) is 0 Å². The first-order valence-electron chi connectivity index (χ1n) is 15.9. The van der Waals surface area contributed by atoms with Crippen molar-refractivity contribution in [2.45, 2.75) is 0 Å². The molecule has 0 amide bonds. The Morgan fingerprint density at radius 2 is 0.500 bits per heavy atom. The van der Waals surface area contributed by atoms with Gasteiger partial charge in [-0.2, -0.15) is 0 Å². The highest BCUT2D eigenvalue weighted by Gasteiger charge is 2.11. The fraction of sp³-hybridized carbons (Fsp3) is 0. The van der Waals surface area contributed by atoms with Crippen molar-refractivity contribution in [3.8, 4) is 77.9 Å². The van der Waals surface area contributed by atoms with E-state index >= 15 is 0 Å². The van der Waals surface area contributed by atoms with Crippen LogP contribution < -0.4 is 0 Å². The lowest BCUT2D eigenvalue weighted by atomic mass is 9.91. The predicted molar refractivity (Wildman–Crippen MR) is 196 cm³/mol. The van der Waals surface area contributed by atoms with Crippen LogP contribution in [0.15, 0.2) is 183 Å². The molecule has 4 heteroatoms. The van der Waals surface area contributed by atoms with Crippen LogP contribution in [0.2, 0.25) is 0 Å². The Morgan fingerprint density at radius 1 is 0.229 bits per heavy atom. The van der Waals surface area contributed by atoms with E-state index < -0.39 is 0 Å². The lowest BCUT2D eigenvalue weighted by Crippen LogP contribution is -1.89. The van der Waals surface area contributed by atoms with E-state index in [1.807, 2.05) is 61.4 Å². The van der Waals surface area contributed by atoms with Gasteiger partial charge in [-0.1, -0.05) is 72.8 Å². The maximum atomic E-state index is 4.32. The molecule has 48 heavy (non-hydrogen) atoms. The van der Waals surface area contributed by atoms with Crippen LogP contribution in [0, 0.1) is 0 Å². The molecule has 8 aromatic rings. The molecule has 0 spiro atoms. The van der Waals surface area contributed by atoms with Gasteiger partial charge in [-0.3, -0.25) is 9.97 Å². The van der Waals surface area contributed by atoms with Crippen molar-refractivity contribution in [3.05, 3.63) is 183 Å². The zero-order chi connectivity index (χ0) is 32.1. The van der Waals surface area contributed by atoms with E-state index in [4.69, 9.17) is 0 Å². The Morgan fingerprint density at radius 3 is 0.854 bits per heavy atom. The van der Waals surface area contributed by atoms with Crippen LogP contribution in [0.25, 0.3) is 77.9 Å². The van der Waals surface area contributed by atoms with E-state index in [0.717, 1.165) is 55.6 Å². The normalized spacial score (nSPS) is 10.9. The van der Waals surface area contributed by atoms with Crippen molar-refractivity contribution in [2.75, 3.05) is 0 Å². The van der Waals surface area contributed by atoms with Crippen molar-refractivity contribution < 1.29 is 0 Å². The highest BCUT2D eigenvalue weighted by atomic mass is 14.8. The van der Waals surface area contributed by atoms with Crippen LogP contribution in [0.5, 0.6) is 0 Å². The molecule has 0 aliphatic heterocycles. The highest BCUT2D eigenvalue weighted by molar-refractivity contribution is 5.85. The average Bonchev–Trinajstić information content (AvgIpc) is 3.19. The number of nitrogens with zero attached hydrogens (tertiary/aromatic N) is 4. The lowest BCUT2D eigenvalue weighted by Gasteiger charge is -2.13. The maximum Gasteiger partial charge on any atom is 0.115 e. The molecule has 0 radical (unpaired) electrons. The molecule has 3 heterocycles. The van der Waals surface area contributed by atoms with Crippen molar-refractivity contribution in [3.63, 3.8) is 0 Å². The van der Waals surface area contributed by atoms with Crippen LogP contribution in [-0.2, 0) is 0 Å². The van der Waals surface area contributed by atoms with Crippen molar-refractivity contribution >= 4 is 0 Å². The molecule has 226 valence electrons. The Bertz CT molecular complexity index is 2190. The van der Waals surface area contributed by atoms with Crippen LogP contribution in [-0.4, -0.2) is 19.9 Å². The van der Waals surface area contributed by atoms with Gasteiger partial charge in [0.25, 0.3) is 0 Å². The largest absolute Gasteiger partial charge is 0.265 e. The smallest absolute Gasteiger partial charge is 0.115 e. The zero-order valence-corrected chi connectivity index (χ0v) is 26.1. The fourth-order valence-corrected chi connectivity index (χ4v) is 6.18. The number of benzene rings is 5. The van der Waals surface area contributed by atoms with Crippen molar-refractivity contribution in [1.29, 1.82) is 0 Å². The van der Waals surface area contributed by atoms with E-state index in [1.165, 1.54) is 22.3 Å². The first-order chi connectivity index (χ1) is 23.8. The standard InChI is InChI=1S/C44H30N4/c1-5-33(31-13-17-45-18-14-31)21-35(7-1)37-9-3-11-39(23-37)41-25-42(27-43(26-41)44-28-47-30-48-29-44)40-12-4-10-38(24-40)36-8-2-6-34(22-36)32-15-19-46-20-16-32/h1-30H. The molecular formula is C44H30N4. The lowest BCUT2D eigenvalue weighted by molar-refractivity contribution is 1.17. The Labute approximate surface area is 280 Å². The molecule has 4 nitrogen and oxygen atoms in total. The molecule has 0 aliphatic rings. The topological polar surface area (TPSA) is 51.6 Å². The van der Waals surface area contributed by atoms with Crippen LogP contribution in [0.1, 0.15) is 0 Å². The molecule has 0 N–H and O–H groups in total. The summed E-state index contributed by atoms with van der Waals surface area (Å²) in [6, 6.07) is 49.8. The van der Waals surface area contributed by atoms with Crippen LogP contribution in [0.4, 0.5) is 0 Å². The van der Waals surface area contributed by atoms with Crippen molar-refractivity contribution in [1.82, 2.24) is 19.9 Å². The summed E-state index contributed by atoms with van der Waals surface area (Å²) >= 11 is 0. The van der Waals surface area contributed by atoms with Gasteiger partial charge in [0, 0.05) is 42.7 Å². The van der Waals surface area contributed by atoms with E-state index in [9.17, 15) is 0 Å². The third kappa shape index (κ3) is 6.15. The summed E-state index contributed by atoms with van der Waals surface area (Å²) in [5.41, 5.74) is 15.9. The Kier molecular flexibility index (Phi) is 7.87. The summed E-state index contributed by atoms with van der Waals surface area (Å²) in [6.07, 6.45) is 12.7. The van der Waals surface area contributed by atoms with Gasteiger partial charge in [-0.05, 0) is 139 Å². The third-order valence-corrected chi connectivity index (χ3v) is 8.64. The average molecular weight is 615 g/mol. The number of pyridine rings is 2. The summed E-state index contributed by atoms with van der Waals surface area (Å²) in [6.45, 7) is 0. The zero-order valence-electron chi connectivity index (χ0n) is 26.1. The van der Waals surface area contributed by atoms with E-state index in [-0.39, 0.29) is 0 Å². The molecule has 8 rings (SSSR count). The monoisotopic (exact) mass is 614 g/mol. The number of rotatable bonds is 7. The number of hydrogen-bond donors (Lipinski definition) is 0.